The predicted molar refractivity (Wildman–Crippen MR) is 49.2 cm³/mol. The molecule has 1 aromatic rings. The van der Waals surface area contributed by atoms with Gasteiger partial charge in [-0.3, -0.25) is 0 Å². The van der Waals surface area contributed by atoms with Crippen LogP contribution < -0.4 is 0 Å². The van der Waals surface area contributed by atoms with Gasteiger partial charge >= 0.3 is 5.97 Å². The molecule has 4 heteroatoms. The summed E-state index contributed by atoms with van der Waals surface area (Å²) in [4.78, 5) is 10.4. The van der Waals surface area contributed by atoms with E-state index >= 15 is 0 Å². The molecule has 1 rings (SSSR count). The fraction of sp³-hybridized carbons (Fsp3) is 0. The summed E-state index contributed by atoms with van der Waals surface area (Å²) in [6.07, 6.45) is 0. The number of nitrogens with zero attached hydrogens (tertiary/aromatic N) is 1. The molecule has 0 aromatic heterocycles. The summed E-state index contributed by atoms with van der Waals surface area (Å²) in [5, 5.41) is 26.3. The van der Waals surface area contributed by atoms with Crippen molar-refractivity contribution in [2.24, 2.45) is 0 Å². The van der Waals surface area contributed by atoms with E-state index in [1.54, 1.807) is 36.4 Å². The Morgan fingerprint density at radius 1 is 1.21 bits per heavy atom. The van der Waals surface area contributed by atoms with Crippen molar-refractivity contribution in [2.45, 2.75) is 0 Å². The number of aliphatic hydroxyl groups excluding tert-OH is 1. The topological polar surface area (TPSA) is 81.3 Å². The van der Waals surface area contributed by atoms with Crippen LogP contribution in [0.3, 0.4) is 0 Å². The number of nitriles is 1. The Balaban J connectivity index is 3.26. The minimum atomic E-state index is -1.51. The molecule has 0 bridgehead atoms. The van der Waals surface area contributed by atoms with Gasteiger partial charge in [-0.15, -0.1) is 0 Å². The molecule has 0 heterocycles. The molecule has 0 spiro atoms. The first kappa shape index (κ1) is 9.81. The lowest BCUT2D eigenvalue weighted by molar-refractivity contribution is -0.135. The lowest BCUT2D eigenvalue weighted by atomic mass is 10.1. The van der Waals surface area contributed by atoms with E-state index in [4.69, 9.17) is 15.5 Å². The number of carbonyl (C=O) groups is 1. The van der Waals surface area contributed by atoms with E-state index in [2.05, 4.69) is 0 Å². The lowest BCUT2D eigenvalue weighted by Gasteiger charge is -1.99. The van der Waals surface area contributed by atoms with Crippen molar-refractivity contribution in [3.63, 3.8) is 0 Å². The summed E-state index contributed by atoms with van der Waals surface area (Å²) < 4.78 is 0. The van der Waals surface area contributed by atoms with Crippen molar-refractivity contribution >= 4 is 11.5 Å². The first-order chi connectivity index (χ1) is 6.66. The molecule has 2 N–H and O–H groups in total. The molecule has 0 unspecified atom stereocenters. The minimum absolute atomic E-state index is 0.238. The van der Waals surface area contributed by atoms with Gasteiger partial charge in [0.1, 0.15) is 11.6 Å². The average molecular weight is 189 g/mol. The maximum Gasteiger partial charge on any atom is 0.372 e. The van der Waals surface area contributed by atoms with Gasteiger partial charge in [0, 0.05) is 0 Å². The largest absolute Gasteiger partial charge is 0.501 e. The van der Waals surface area contributed by atoms with Gasteiger partial charge in [-0.25, -0.2) is 4.79 Å². The molecule has 0 amide bonds. The Kier molecular flexibility index (Phi) is 2.87. The number of aliphatic carboxylic acids is 1. The Hall–Kier alpha value is -2.28. The molecule has 1 aromatic carbocycles. The third-order valence-electron chi connectivity index (χ3n) is 1.61. The van der Waals surface area contributed by atoms with Crippen molar-refractivity contribution < 1.29 is 15.0 Å². The summed E-state index contributed by atoms with van der Waals surface area (Å²) in [6.45, 7) is 0. The molecule has 14 heavy (non-hydrogen) atoms. The van der Waals surface area contributed by atoms with E-state index in [-0.39, 0.29) is 5.57 Å². The summed E-state index contributed by atoms with van der Waals surface area (Å²) in [6, 6.07) is 9.80. The number of carboxylic acid groups (broad SMARTS) is 1. The summed E-state index contributed by atoms with van der Waals surface area (Å²) in [7, 11) is 0. The van der Waals surface area contributed by atoms with Crippen LogP contribution in [0.5, 0.6) is 0 Å². The quantitative estimate of drug-likeness (QED) is 0.420. The first-order valence-electron chi connectivity index (χ1n) is 3.79. The fourth-order valence-electron chi connectivity index (χ4n) is 0.966. The summed E-state index contributed by atoms with van der Waals surface area (Å²) >= 11 is 0. The molecule has 0 atom stereocenters. The Morgan fingerprint density at radius 2 is 1.79 bits per heavy atom. The highest BCUT2D eigenvalue weighted by atomic mass is 16.4. The SMILES string of the molecule is N#CC(=C(O)C(=O)O)c1ccccc1. The van der Waals surface area contributed by atoms with Gasteiger partial charge in [-0.2, -0.15) is 5.26 Å². The zero-order chi connectivity index (χ0) is 10.6. The van der Waals surface area contributed by atoms with Crippen LogP contribution in [0, 0.1) is 11.3 Å². The predicted octanol–water partition coefficient (Wildman–Crippen LogP) is 1.56. The minimum Gasteiger partial charge on any atom is -0.501 e. The molecule has 0 aliphatic rings. The van der Waals surface area contributed by atoms with Crippen LogP contribution in [0.15, 0.2) is 36.1 Å². The van der Waals surface area contributed by atoms with E-state index in [0.29, 0.717) is 5.56 Å². The van der Waals surface area contributed by atoms with Crippen molar-refractivity contribution in [1.29, 1.82) is 5.26 Å². The first-order valence-corrected chi connectivity index (χ1v) is 3.79. The van der Waals surface area contributed by atoms with Gasteiger partial charge in [0.2, 0.25) is 5.76 Å². The van der Waals surface area contributed by atoms with E-state index in [0.717, 1.165) is 0 Å². The number of hydrogen-bond acceptors (Lipinski definition) is 3. The van der Waals surface area contributed by atoms with Crippen molar-refractivity contribution in [3.05, 3.63) is 41.7 Å². The molecule has 0 aliphatic carbocycles. The molecule has 0 aliphatic heterocycles. The molecule has 0 saturated carbocycles. The summed E-state index contributed by atoms with van der Waals surface area (Å²) in [5.74, 6) is -2.44. The number of allylic oxidation sites excluding steroid dienone is 1. The Bertz CT molecular complexity index is 415. The molecule has 70 valence electrons. The van der Waals surface area contributed by atoms with Gasteiger partial charge in [0.15, 0.2) is 0 Å². The van der Waals surface area contributed by atoms with Gasteiger partial charge in [0.25, 0.3) is 0 Å². The van der Waals surface area contributed by atoms with Crippen LogP contribution in [0.25, 0.3) is 5.57 Å². The van der Waals surface area contributed by atoms with E-state index in [9.17, 15) is 4.79 Å². The van der Waals surface area contributed by atoms with E-state index in [1.165, 1.54) is 0 Å². The second kappa shape index (κ2) is 4.10. The molecular formula is C10H7NO3. The van der Waals surface area contributed by atoms with Gasteiger partial charge in [-0.05, 0) is 5.56 Å². The van der Waals surface area contributed by atoms with Crippen LogP contribution in [-0.4, -0.2) is 16.2 Å². The van der Waals surface area contributed by atoms with Gasteiger partial charge in [-0.1, -0.05) is 30.3 Å². The molecule has 4 nitrogen and oxygen atoms in total. The average Bonchev–Trinajstić information content (AvgIpc) is 2.20. The lowest BCUT2D eigenvalue weighted by Crippen LogP contribution is -2.02. The maximum atomic E-state index is 10.4. The molecule has 0 radical (unpaired) electrons. The van der Waals surface area contributed by atoms with Crippen LogP contribution >= 0.6 is 0 Å². The van der Waals surface area contributed by atoms with Crippen LogP contribution in [0.2, 0.25) is 0 Å². The van der Waals surface area contributed by atoms with Crippen LogP contribution in [0.1, 0.15) is 5.56 Å². The van der Waals surface area contributed by atoms with Gasteiger partial charge in [0.05, 0.1) is 0 Å². The van der Waals surface area contributed by atoms with Gasteiger partial charge < -0.3 is 10.2 Å². The Labute approximate surface area is 80.3 Å². The molecule has 0 fully saturated rings. The number of carboxylic acids is 1. The molecule has 0 saturated heterocycles. The van der Waals surface area contributed by atoms with Crippen LogP contribution in [0.4, 0.5) is 0 Å². The van der Waals surface area contributed by atoms with E-state index < -0.39 is 11.7 Å². The van der Waals surface area contributed by atoms with Crippen molar-refractivity contribution in [1.82, 2.24) is 0 Å². The number of benzene rings is 1. The second-order valence-electron chi connectivity index (χ2n) is 2.51. The summed E-state index contributed by atoms with van der Waals surface area (Å²) in [5.41, 5.74) is 0.146. The Morgan fingerprint density at radius 3 is 2.21 bits per heavy atom. The normalized spacial score (nSPS) is 11.4. The van der Waals surface area contributed by atoms with Crippen molar-refractivity contribution in [3.8, 4) is 6.07 Å². The highest BCUT2D eigenvalue weighted by molar-refractivity contribution is 5.97. The van der Waals surface area contributed by atoms with Crippen LogP contribution in [-0.2, 0) is 4.79 Å². The third-order valence-corrected chi connectivity index (χ3v) is 1.61. The smallest absolute Gasteiger partial charge is 0.372 e. The van der Waals surface area contributed by atoms with Crippen molar-refractivity contribution in [2.75, 3.05) is 0 Å². The fourth-order valence-corrected chi connectivity index (χ4v) is 0.966. The second-order valence-corrected chi connectivity index (χ2v) is 2.51. The highest BCUT2D eigenvalue weighted by Gasteiger charge is 2.13. The zero-order valence-electron chi connectivity index (χ0n) is 7.14. The third kappa shape index (κ3) is 1.90. The highest BCUT2D eigenvalue weighted by Crippen LogP contribution is 2.16. The number of rotatable bonds is 2. The monoisotopic (exact) mass is 189 g/mol. The standard InChI is InChI=1S/C10H7NO3/c11-6-8(9(12)10(13)14)7-4-2-1-3-5-7/h1-5,12H,(H,13,14). The molecular weight excluding hydrogens is 182 g/mol. The number of aliphatic hydroxyl groups is 1. The zero-order valence-corrected chi connectivity index (χ0v) is 7.14. The number of hydrogen-bond donors (Lipinski definition) is 2. The maximum absolute atomic E-state index is 10.4. The van der Waals surface area contributed by atoms with E-state index in [1.807, 2.05) is 0 Å².